The molecule has 1 aromatic heterocycles. The molecule has 4 rings (SSSR count). The van der Waals surface area contributed by atoms with Crippen molar-refractivity contribution >= 4 is 17.3 Å². The Balaban J connectivity index is 1.46. The minimum Gasteiger partial charge on any atom is -0.497 e. The van der Waals surface area contributed by atoms with E-state index in [0.717, 1.165) is 16.9 Å². The number of rotatable bonds is 9. The molecule has 0 aliphatic heterocycles. The van der Waals surface area contributed by atoms with Gasteiger partial charge >= 0.3 is 0 Å². The van der Waals surface area contributed by atoms with E-state index in [1.807, 2.05) is 32.0 Å². The van der Waals surface area contributed by atoms with Crippen molar-refractivity contribution in [2.24, 2.45) is 0 Å². The number of hydrogen-bond acceptors (Lipinski definition) is 7. The van der Waals surface area contributed by atoms with Gasteiger partial charge in [0.1, 0.15) is 35.4 Å². The lowest BCUT2D eigenvalue weighted by molar-refractivity contribution is -0.384. The topological polar surface area (TPSA) is 113 Å². The number of hydrogen-bond donors (Lipinski definition) is 1. The van der Waals surface area contributed by atoms with Crippen molar-refractivity contribution in [3.05, 3.63) is 106 Å². The molecular weight excluding hydrogens is 464 g/mol. The van der Waals surface area contributed by atoms with Gasteiger partial charge in [-0.15, -0.1) is 0 Å². The van der Waals surface area contributed by atoms with Crippen molar-refractivity contribution in [3.63, 3.8) is 0 Å². The molecule has 0 unspecified atom stereocenters. The van der Waals surface area contributed by atoms with E-state index in [2.05, 4.69) is 5.32 Å². The van der Waals surface area contributed by atoms with E-state index in [0.29, 0.717) is 17.3 Å². The summed E-state index contributed by atoms with van der Waals surface area (Å²) in [5, 5.41) is 14.1. The molecule has 0 aliphatic carbocycles. The molecule has 184 valence electrons. The maximum absolute atomic E-state index is 12.8. The molecular formula is C27H24N2O7. The number of carbonyl (C=O) groups is 1. The first-order valence-corrected chi connectivity index (χ1v) is 11.0. The average molecular weight is 488 g/mol. The van der Waals surface area contributed by atoms with Crippen molar-refractivity contribution in [1.29, 1.82) is 0 Å². The summed E-state index contributed by atoms with van der Waals surface area (Å²) >= 11 is 0. The van der Waals surface area contributed by atoms with Crippen molar-refractivity contribution in [2.45, 2.75) is 20.5 Å². The number of methoxy groups -OCH3 is 1. The number of anilines is 1. The molecule has 0 spiro atoms. The van der Waals surface area contributed by atoms with Gasteiger partial charge in [-0.3, -0.25) is 14.9 Å². The summed E-state index contributed by atoms with van der Waals surface area (Å²) in [6.07, 6.45) is 0. The Labute approximate surface area is 207 Å². The second-order valence-electron chi connectivity index (χ2n) is 7.98. The Kier molecular flexibility index (Phi) is 7.20. The first kappa shape index (κ1) is 24.3. The number of non-ortho nitro benzene ring substituents is 1. The largest absolute Gasteiger partial charge is 0.497 e. The molecule has 0 fully saturated rings. The van der Waals surface area contributed by atoms with Crippen LogP contribution in [0, 0.1) is 24.0 Å². The van der Waals surface area contributed by atoms with Crippen LogP contribution in [0.15, 0.2) is 77.2 Å². The van der Waals surface area contributed by atoms with Crippen LogP contribution in [0.5, 0.6) is 23.0 Å². The number of nitro benzene ring substituents is 1. The van der Waals surface area contributed by atoms with Crippen molar-refractivity contribution in [3.8, 4) is 23.0 Å². The Morgan fingerprint density at radius 1 is 0.944 bits per heavy atom. The summed E-state index contributed by atoms with van der Waals surface area (Å²) < 4.78 is 22.4. The molecule has 0 bridgehead atoms. The molecule has 3 aromatic carbocycles. The van der Waals surface area contributed by atoms with Crippen LogP contribution in [0.4, 0.5) is 11.4 Å². The Hall–Kier alpha value is -4.79. The second kappa shape index (κ2) is 10.6. The number of furan rings is 1. The van der Waals surface area contributed by atoms with E-state index < -0.39 is 10.8 Å². The van der Waals surface area contributed by atoms with Gasteiger partial charge in [-0.05, 0) is 61.4 Å². The van der Waals surface area contributed by atoms with E-state index in [4.69, 9.17) is 18.6 Å². The molecule has 0 aliphatic rings. The number of amides is 1. The molecule has 9 nitrogen and oxygen atoms in total. The minimum atomic E-state index is -0.566. The van der Waals surface area contributed by atoms with Gasteiger partial charge in [-0.25, -0.2) is 0 Å². The summed E-state index contributed by atoms with van der Waals surface area (Å²) in [4.78, 5) is 23.6. The summed E-state index contributed by atoms with van der Waals surface area (Å²) in [5.74, 6) is 1.99. The van der Waals surface area contributed by atoms with E-state index in [9.17, 15) is 14.9 Å². The molecule has 1 amide bonds. The first-order chi connectivity index (χ1) is 17.3. The molecule has 36 heavy (non-hydrogen) atoms. The van der Waals surface area contributed by atoms with E-state index in [1.165, 1.54) is 24.3 Å². The normalized spacial score (nSPS) is 10.5. The third kappa shape index (κ3) is 5.82. The molecule has 1 N–H and O–H groups in total. The van der Waals surface area contributed by atoms with Crippen molar-refractivity contribution in [2.75, 3.05) is 12.4 Å². The van der Waals surface area contributed by atoms with Crippen LogP contribution in [-0.4, -0.2) is 17.9 Å². The highest BCUT2D eigenvalue weighted by Gasteiger charge is 2.17. The molecule has 0 saturated heterocycles. The SMILES string of the molecule is COc1ccc(Oc2cc(NC(=O)c3ccc(COc4c(C)cccc4C)o3)cc([N+](=O)[O-])c2)cc1. The van der Waals surface area contributed by atoms with Crippen molar-refractivity contribution in [1.82, 2.24) is 0 Å². The predicted octanol–water partition coefficient (Wildman–Crippen LogP) is 6.44. The third-order valence-electron chi connectivity index (χ3n) is 5.31. The van der Waals surface area contributed by atoms with Gasteiger partial charge in [0.05, 0.1) is 23.8 Å². The minimum absolute atomic E-state index is 0.0410. The fourth-order valence-corrected chi connectivity index (χ4v) is 3.54. The van der Waals surface area contributed by atoms with Crippen LogP contribution < -0.4 is 19.5 Å². The van der Waals surface area contributed by atoms with Gasteiger partial charge in [-0.1, -0.05) is 18.2 Å². The molecule has 0 radical (unpaired) electrons. The molecule has 0 saturated carbocycles. The molecule has 9 heteroatoms. The summed E-state index contributed by atoms with van der Waals surface area (Å²) in [7, 11) is 1.55. The number of ether oxygens (including phenoxy) is 3. The zero-order chi connectivity index (χ0) is 25.7. The number of nitro groups is 1. The monoisotopic (exact) mass is 488 g/mol. The number of carbonyl (C=O) groups excluding carboxylic acids is 1. The van der Waals surface area contributed by atoms with Gasteiger partial charge in [-0.2, -0.15) is 0 Å². The zero-order valence-corrected chi connectivity index (χ0v) is 19.9. The highest BCUT2D eigenvalue weighted by atomic mass is 16.6. The van der Waals surface area contributed by atoms with Crippen LogP contribution in [0.1, 0.15) is 27.4 Å². The van der Waals surface area contributed by atoms with E-state index in [1.54, 1.807) is 37.4 Å². The fourth-order valence-electron chi connectivity index (χ4n) is 3.54. The highest BCUT2D eigenvalue weighted by Crippen LogP contribution is 2.31. The Morgan fingerprint density at radius 3 is 2.31 bits per heavy atom. The quantitative estimate of drug-likeness (QED) is 0.213. The smallest absolute Gasteiger partial charge is 0.291 e. The van der Waals surface area contributed by atoms with E-state index in [-0.39, 0.29) is 29.5 Å². The van der Waals surface area contributed by atoms with Gasteiger partial charge in [0.15, 0.2) is 5.76 Å². The lowest BCUT2D eigenvalue weighted by atomic mass is 10.1. The van der Waals surface area contributed by atoms with Gasteiger partial charge in [0, 0.05) is 12.1 Å². The zero-order valence-electron chi connectivity index (χ0n) is 19.9. The summed E-state index contributed by atoms with van der Waals surface area (Å²) in [6, 6.07) is 19.8. The molecule has 4 aromatic rings. The Bertz CT molecular complexity index is 1370. The summed E-state index contributed by atoms with van der Waals surface area (Å²) in [5.41, 5.74) is 1.94. The Morgan fingerprint density at radius 2 is 1.64 bits per heavy atom. The lowest BCUT2D eigenvalue weighted by Gasteiger charge is -2.10. The van der Waals surface area contributed by atoms with Gasteiger partial charge in [0.25, 0.3) is 11.6 Å². The standard InChI is InChI=1S/C27H24N2O7/c1-17-5-4-6-18(2)26(17)34-16-23-11-12-25(36-23)27(30)28-19-13-20(29(31)32)15-24(14-19)35-22-9-7-21(33-3)8-10-22/h4-15H,16H2,1-3H3,(H,28,30). The van der Waals surface area contributed by atoms with Gasteiger partial charge in [0.2, 0.25) is 0 Å². The van der Waals surface area contributed by atoms with Crippen LogP contribution in [0.25, 0.3) is 0 Å². The van der Waals surface area contributed by atoms with Crippen molar-refractivity contribution < 1.29 is 28.3 Å². The summed E-state index contributed by atoms with van der Waals surface area (Å²) in [6.45, 7) is 4.06. The first-order valence-electron chi connectivity index (χ1n) is 11.0. The van der Waals surface area contributed by atoms with Crippen LogP contribution in [0.2, 0.25) is 0 Å². The van der Waals surface area contributed by atoms with E-state index >= 15 is 0 Å². The van der Waals surface area contributed by atoms with Crippen LogP contribution in [0.3, 0.4) is 0 Å². The predicted molar refractivity (Wildman–Crippen MR) is 133 cm³/mol. The second-order valence-corrected chi connectivity index (χ2v) is 7.98. The van der Waals surface area contributed by atoms with Crippen LogP contribution >= 0.6 is 0 Å². The molecule has 1 heterocycles. The average Bonchev–Trinajstić information content (AvgIpc) is 3.33. The number of aryl methyl sites for hydroxylation is 2. The number of para-hydroxylation sites is 1. The maximum atomic E-state index is 12.8. The number of benzene rings is 3. The van der Waals surface area contributed by atoms with Gasteiger partial charge < -0.3 is 23.9 Å². The number of nitrogens with zero attached hydrogens (tertiary/aromatic N) is 1. The maximum Gasteiger partial charge on any atom is 0.291 e. The third-order valence-corrected chi connectivity index (χ3v) is 5.31. The fraction of sp³-hybridized carbons (Fsp3) is 0.148. The highest BCUT2D eigenvalue weighted by molar-refractivity contribution is 6.02. The lowest BCUT2D eigenvalue weighted by Crippen LogP contribution is -2.11. The number of nitrogens with one attached hydrogen (secondary N) is 1. The molecule has 0 atom stereocenters. The van der Waals surface area contributed by atoms with Crippen LogP contribution in [-0.2, 0) is 6.61 Å².